The Kier molecular flexibility index (Phi) is 27.0. The molecular weight excluding hydrogens is 807 g/mol. The number of carbonyl (C=O) groups is 2. The normalized spacial score (nSPS) is 23.5. The first-order chi connectivity index (χ1) is 29.8. The zero-order valence-electron chi connectivity index (χ0n) is 35.8. The van der Waals surface area contributed by atoms with Gasteiger partial charge in [-0.2, -0.15) is 0 Å². The molecule has 2 aromatic rings. The average Bonchev–Trinajstić information content (AvgIpc) is 3.70. The Labute approximate surface area is 364 Å². The molecule has 1 amide bonds. The SMILES string of the molecule is COC(=O)CCCCCC[C@@H]1[C@@H](CCC(O)C#Cc2ccccc2F)[C@H](O)C[C@@H]1O.NO.O=C(CCCCCC[C@@H]1[C@@H](CCC(O)C#Cc2ccccc2F)[C@H](O)C[C@@H]1O)NO. The minimum Gasteiger partial charge on any atom is -0.469 e. The number of benzene rings is 2. The number of esters is 1. The van der Waals surface area contributed by atoms with Crippen LogP contribution in [0.2, 0.25) is 0 Å². The number of methoxy groups -OCH3 is 1. The summed E-state index contributed by atoms with van der Waals surface area (Å²) in [5, 5.41) is 76.6. The molecule has 4 rings (SSSR count). The van der Waals surface area contributed by atoms with Gasteiger partial charge in [0.1, 0.15) is 23.8 Å². The number of ether oxygens (including phenoxy) is 1. The Morgan fingerprint density at radius 2 is 1.02 bits per heavy atom. The van der Waals surface area contributed by atoms with Crippen molar-refractivity contribution in [3.8, 4) is 23.7 Å². The minimum absolute atomic E-state index is 0.00710. The zero-order valence-corrected chi connectivity index (χ0v) is 35.8. The Morgan fingerprint density at radius 1 is 0.645 bits per heavy atom. The summed E-state index contributed by atoms with van der Waals surface area (Å²) in [6, 6.07) is 12.3. The fourth-order valence-corrected chi connectivity index (χ4v) is 8.43. The number of carbonyl (C=O) groups excluding carboxylic acids is 2. The Hall–Kier alpha value is -4.00. The summed E-state index contributed by atoms with van der Waals surface area (Å²) in [4.78, 5) is 22.1. The minimum atomic E-state index is -0.923. The lowest BCUT2D eigenvalue weighted by molar-refractivity contribution is -0.140. The molecule has 0 aliphatic heterocycles. The second-order valence-corrected chi connectivity index (χ2v) is 16.1. The Balaban J connectivity index is 0.000000410. The summed E-state index contributed by atoms with van der Waals surface area (Å²) in [6.45, 7) is 0. The first-order valence-corrected chi connectivity index (χ1v) is 21.7. The molecule has 0 saturated heterocycles. The van der Waals surface area contributed by atoms with Crippen molar-refractivity contribution in [2.75, 3.05) is 7.11 Å². The molecule has 15 heteroatoms. The maximum atomic E-state index is 13.6. The van der Waals surface area contributed by atoms with Crippen molar-refractivity contribution >= 4 is 11.9 Å². The number of aliphatic hydroxyl groups is 6. The molecule has 2 fully saturated rings. The molecule has 62 heavy (non-hydrogen) atoms. The highest BCUT2D eigenvalue weighted by Gasteiger charge is 2.42. The van der Waals surface area contributed by atoms with Crippen LogP contribution in [0.25, 0.3) is 0 Å². The fourth-order valence-electron chi connectivity index (χ4n) is 8.43. The molecule has 0 aromatic heterocycles. The van der Waals surface area contributed by atoms with Crippen LogP contribution in [-0.2, 0) is 14.3 Å². The molecule has 0 radical (unpaired) electrons. The van der Waals surface area contributed by atoms with Crippen molar-refractivity contribution < 1.29 is 64.2 Å². The number of hydrogen-bond donors (Lipinski definition) is 10. The number of amides is 1. The van der Waals surface area contributed by atoms with E-state index in [1.54, 1.807) is 41.9 Å². The average molecular weight is 875 g/mol. The van der Waals surface area contributed by atoms with Crippen molar-refractivity contribution in [3.63, 3.8) is 0 Å². The van der Waals surface area contributed by atoms with Gasteiger partial charge in [-0.25, -0.2) is 20.2 Å². The molecule has 13 nitrogen and oxygen atoms in total. The Bertz CT molecular complexity index is 1590. The highest BCUT2D eigenvalue weighted by molar-refractivity contribution is 5.74. The van der Waals surface area contributed by atoms with E-state index < -0.39 is 48.3 Å². The van der Waals surface area contributed by atoms with E-state index in [-0.39, 0.29) is 53.1 Å². The highest BCUT2D eigenvalue weighted by atomic mass is 19.1. The third-order valence-corrected chi connectivity index (χ3v) is 11.8. The molecule has 10 atom stereocenters. The number of hydroxylamine groups is 1. The first-order valence-electron chi connectivity index (χ1n) is 21.7. The van der Waals surface area contributed by atoms with E-state index in [2.05, 4.69) is 34.3 Å². The van der Waals surface area contributed by atoms with Gasteiger partial charge in [0.15, 0.2) is 0 Å². The van der Waals surface area contributed by atoms with E-state index in [9.17, 15) is 49.0 Å². The van der Waals surface area contributed by atoms with E-state index in [0.717, 1.165) is 57.8 Å². The number of hydrogen-bond acceptors (Lipinski definition) is 12. The van der Waals surface area contributed by atoms with Gasteiger partial charge < -0.3 is 40.6 Å². The quantitative estimate of drug-likeness (QED) is 0.0277. The Morgan fingerprint density at radius 3 is 1.40 bits per heavy atom. The smallest absolute Gasteiger partial charge is 0.305 e. The van der Waals surface area contributed by atoms with Crippen LogP contribution in [0.4, 0.5) is 8.78 Å². The lowest BCUT2D eigenvalue weighted by atomic mass is 9.85. The lowest BCUT2D eigenvalue weighted by Crippen LogP contribution is -2.23. The van der Waals surface area contributed by atoms with Crippen LogP contribution in [0.5, 0.6) is 0 Å². The van der Waals surface area contributed by atoms with Crippen LogP contribution in [0.3, 0.4) is 0 Å². The summed E-state index contributed by atoms with van der Waals surface area (Å²) in [6.07, 6.45) is 7.58. The molecule has 346 valence electrons. The maximum Gasteiger partial charge on any atom is 0.305 e. The van der Waals surface area contributed by atoms with E-state index in [1.165, 1.54) is 19.2 Å². The molecule has 2 unspecified atom stereocenters. The van der Waals surface area contributed by atoms with Crippen molar-refractivity contribution in [1.29, 1.82) is 0 Å². The van der Waals surface area contributed by atoms with E-state index in [0.29, 0.717) is 51.4 Å². The predicted octanol–water partition coefficient (Wildman–Crippen LogP) is 5.05. The molecule has 2 saturated carbocycles. The molecule has 2 aliphatic rings. The van der Waals surface area contributed by atoms with E-state index in [1.807, 2.05) is 0 Å². The largest absolute Gasteiger partial charge is 0.469 e. The van der Waals surface area contributed by atoms with Crippen LogP contribution in [-0.4, -0.2) is 96.7 Å². The van der Waals surface area contributed by atoms with E-state index >= 15 is 0 Å². The highest BCUT2D eigenvalue weighted by Crippen LogP contribution is 2.40. The van der Waals surface area contributed by atoms with Crippen molar-refractivity contribution in [1.82, 2.24) is 5.48 Å². The summed E-state index contributed by atoms with van der Waals surface area (Å²) in [5.41, 5.74) is 2.10. The summed E-state index contributed by atoms with van der Waals surface area (Å²) >= 11 is 0. The number of halogens is 2. The second-order valence-electron chi connectivity index (χ2n) is 16.1. The standard InChI is InChI=1S/C24H33FO5.C23H32FNO5.H3NO/c1-30-24(29)11-5-3-2-4-9-19-20(23(28)16-22(19)27)15-14-18(26)13-12-17-8-6-7-10-21(17)25;24-20-9-6-5-7-16(20)11-12-17(26)13-14-19-18(21(27)15-22(19)28)8-3-1-2-4-10-23(29)25-30;1-2/h6-8,10,18-20,22-23,26-28H,2-5,9,11,14-16H2,1H3;5-7,9,17-19,21-22,26-28,30H,1-4,8,10,13-15H2,(H,25,29);2H,1H2/t18?,19-,20-,22+,23-;17?,18-,19-,21+,22-;/m11./s1. The van der Waals surface area contributed by atoms with Gasteiger partial charge in [-0.05, 0) is 112 Å². The number of unbranched alkanes of at least 4 members (excludes halogenated alkanes) is 6. The van der Waals surface area contributed by atoms with Crippen molar-refractivity contribution in [3.05, 3.63) is 71.3 Å². The van der Waals surface area contributed by atoms with Crippen LogP contribution in [0, 0.1) is 59.0 Å². The molecule has 2 aromatic carbocycles. The number of aliphatic hydroxyl groups excluding tert-OH is 6. The van der Waals surface area contributed by atoms with Crippen LogP contribution < -0.4 is 11.4 Å². The molecule has 0 bridgehead atoms. The topological polar surface area (TPSA) is 243 Å². The lowest BCUT2D eigenvalue weighted by Gasteiger charge is -2.24. The van der Waals surface area contributed by atoms with Gasteiger partial charge in [-0.1, -0.05) is 86.5 Å². The molecule has 2 aliphatic carbocycles. The monoisotopic (exact) mass is 874 g/mol. The summed E-state index contributed by atoms with van der Waals surface area (Å²) in [7, 11) is 1.39. The van der Waals surface area contributed by atoms with Gasteiger partial charge >= 0.3 is 5.97 Å². The molecule has 11 N–H and O–H groups in total. The molecule has 0 spiro atoms. The van der Waals surface area contributed by atoms with Crippen molar-refractivity contribution in [2.45, 2.75) is 152 Å². The van der Waals surface area contributed by atoms with Gasteiger partial charge in [0, 0.05) is 12.8 Å². The number of rotatable bonds is 20. The van der Waals surface area contributed by atoms with Crippen LogP contribution >= 0.6 is 0 Å². The van der Waals surface area contributed by atoms with Gasteiger partial charge in [0.05, 0.1) is 42.7 Å². The van der Waals surface area contributed by atoms with Crippen LogP contribution in [0.1, 0.15) is 127 Å². The molecule has 0 heterocycles. The van der Waals surface area contributed by atoms with Gasteiger partial charge in [-0.3, -0.25) is 14.8 Å². The predicted molar refractivity (Wildman–Crippen MR) is 228 cm³/mol. The second kappa shape index (κ2) is 30.9. The third-order valence-electron chi connectivity index (χ3n) is 11.8. The van der Waals surface area contributed by atoms with Gasteiger partial charge in [0.25, 0.3) is 0 Å². The summed E-state index contributed by atoms with van der Waals surface area (Å²) < 4.78 is 31.8. The fraction of sp³-hybridized carbons (Fsp3) is 0.617. The third kappa shape index (κ3) is 20.0. The van der Waals surface area contributed by atoms with Gasteiger partial charge in [0.2, 0.25) is 5.91 Å². The molecular formula is C47H68F2N2O11. The number of nitrogens with two attached hydrogens (primary N) is 1. The first kappa shape index (κ1) is 54.1. The summed E-state index contributed by atoms with van der Waals surface area (Å²) in [5.74, 6) is 12.5. The number of nitrogens with one attached hydrogen (secondary N) is 1. The van der Waals surface area contributed by atoms with Crippen molar-refractivity contribution in [2.24, 2.45) is 29.6 Å². The van der Waals surface area contributed by atoms with E-state index in [4.69, 9.17) is 10.4 Å². The van der Waals surface area contributed by atoms with Gasteiger partial charge in [-0.15, -0.1) is 0 Å². The van der Waals surface area contributed by atoms with Crippen LogP contribution in [0.15, 0.2) is 48.5 Å². The maximum absolute atomic E-state index is 13.6. The zero-order chi connectivity index (χ0) is 45.9.